The molecule has 0 aromatic heterocycles. The van der Waals surface area contributed by atoms with Crippen molar-refractivity contribution in [2.24, 2.45) is 5.92 Å². The first-order valence-corrected chi connectivity index (χ1v) is 8.33. The third-order valence-electron chi connectivity index (χ3n) is 3.07. The first-order valence-electron chi connectivity index (χ1n) is 7.18. The lowest BCUT2D eigenvalue weighted by Gasteiger charge is -2.15. The van der Waals surface area contributed by atoms with Crippen molar-refractivity contribution in [2.45, 2.75) is 26.3 Å². The highest BCUT2D eigenvalue weighted by Gasteiger charge is 2.21. The summed E-state index contributed by atoms with van der Waals surface area (Å²) >= 11 is 1.52. The summed E-state index contributed by atoms with van der Waals surface area (Å²) in [4.78, 5) is 23.2. The summed E-state index contributed by atoms with van der Waals surface area (Å²) in [5.41, 5.74) is 0.522. The predicted molar refractivity (Wildman–Crippen MR) is 88.3 cm³/mol. The number of rotatable bonds is 9. The van der Waals surface area contributed by atoms with Crippen LogP contribution in [0.4, 0.5) is 0 Å². The molecule has 2 N–H and O–H groups in total. The number of nitrogens with one attached hydrogen (secondary N) is 1. The van der Waals surface area contributed by atoms with Crippen LogP contribution in [0.3, 0.4) is 0 Å². The molecular weight excluding hydrogens is 302 g/mol. The number of carbonyl (C=O) groups is 2. The zero-order valence-electron chi connectivity index (χ0n) is 13.2. The van der Waals surface area contributed by atoms with Crippen LogP contribution < -0.4 is 10.1 Å². The van der Waals surface area contributed by atoms with Crippen LogP contribution in [0.5, 0.6) is 5.75 Å². The van der Waals surface area contributed by atoms with Crippen molar-refractivity contribution in [3.63, 3.8) is 0 Å². The van der Waals surface area contributed by atoms with Gasteiger partial charge >= 0.3 is 5.97 Å². The molecule has 0 aliphatic heterocycles. The number of benzene rings is 1. The van der Waals surface area contributed by atoms with Gasteiger partial charge in [0.05, 0.1) is 12.9 Å². The van der Waals surface area contributed by atoms with Gasteiger partial charge in [-0.15, -0.1) is 0 Å². The highest BCUT2D eigenvalue weighted by molar-refractivity contribution is 7.99. The Morgan fingerprint density at radius 3 is 2.41 bits per heavy atom. The van der Waals surface area contributed by atoms with Crippen molar-refractivity contribution in [3.05, 3.63) is 29.8 Å². The topological polar surface area (TPSA) is 75.6 Å². The minimum Gasteiger partial charge on any atom is -0.497 e. The summed E-state index contributed by atoms with van der Waals surface area (Å²) in [6, 6.07) is 5.60. The number of hydrogen-bond donors (Lipinski definition) is 2. The summed E-state index contributed by atoms with van der Waals surface area (Å²) in [6.07, 6.45) is 1.04. The summed E-state index contributed by atoms with van der Waals surface area (Å²) in [5, 5.41) is 11.9. The number of amides is 1. The molecule has 1 rings (SSSR count). The zero-order valence-corrected chi connectivity index (χ0v) is 14.0. The van der Waals surface area contributed by atoms with Gasteiger partial charge in [-0.05, 0) is 35.8 Å². The number of carboxylic acids is 1. The monoisotopic (exact) mass is 325 g/mol. The Morgan fingerprint density at radius 1 is 1.27 bits per heavy atom. The summed E-state index contributed by atoms with van der Waals surface area (Å²) in [7, 11) is 1.54. The molecule has 0 bridgehead atoms. The van der Waals surface area contributed by atoms with E-state index in [4.69, 9.17) is 4.74 Å². The second kappa shape index (κ2) is 9.35. The van der Waals surface area contributed by atoms with Gasteiger partial charge in [0.25, 0.3) is 0 Å². The Kier molecular flexibility index (Phi) is 7.80. The molecule has 1 amide bonds. The Labute approximate surface area is 135 Å². The fourth-order valence-electron chi connectivity index (χ4n) is 1.77. The van der Waals surface area contributed by atoms with E-state index in [2.05, 4.69) is 19.2 Å². The minimum absolute atomic E-state index is 0.267. The second-order valence-electron chi connectivity index (χ2n) is 5.35. The molecule has 0 aliphatic carbocycles. The number of hydrogen-bond acceptors (Lipinski definition) is 4. The lowest BCUT2D eigenvalue weighted by Crippen LogP contribution is -2.34. The van der Waals surface area contributed by atoms with Crippen molar-refractivity contribution in [3.8, 4) is 5.75 Å². The molecule has 22 heavy (non-hydrogen) atoms. The fraction of sp³-hybridized carbons (Fsp3) is 0.500. The Hall–Kier alpha value is -1.69. The molecule has 1 aromatic rings. The van der Waals surface area contributed by atoms with Crippen molar-refractivity contribution in [2.75, 3.05) is 18.6 Å². The van der Waals surface area contributed by atoms with Crippen LogP contribution in [0.2, 0.25) is 0 Å². The molecule has 0 saturated heterocycles. The molecule has 6 heteroatoms. The van der Waals surface area contributed by atoms with E-state index in [-0.39, 0.29) is 11.7 Å². The van der Waals surface area contributed by atoms with E-state index in [1.54, 1.807) is 31.4 Å². The first-order chi connectivity index (χ1) is 10.4. The van der Waals surface area contributed by atoms with Gasteiger partial charge in [-0.25, -0.2) is 4.79 Å². The maximum atomic E-state index is 11.9. The number of ether oxygens (including phenoxy) is 1. The summed E-state index contributed by atoms with van der Waals surface area (Å²) in [5.74, 6) is 1.06. The van der Waals surface area contributed by atoms with E-state index in [0.717, 1.165) is 12.2 Å². The molecule has 0 radical (unpaired) electrons. The molecule has 1 aromatic carbocycles. The molecule has 0 heterocycles. The van der Waals surface area contributed by atoms with Gasteiger partial charge < -0.3 is 15.2 Å². The molecule has 0 fully saturated rings. The van der Waals surface area contributed by atoms with E-state index < -0.39 is 12.0 Å². The smallest absolute Gasteiger partial charge is 0.330 e. The quantitative estimate of drug-likeness (QED) is 0.683. The average Bonchev–Trinajstić information content (AvgIpc) is 2.49. The van der Waals surface area contributed by atoms with Crippen LogP contribution >= 0.6 is 11.8 Å². The van der Waals surface area contributed by atoms with Gasteiger partial charge in [-0.3, -0.25) is 4.79 Å². The molecular formula is C16H23NO4S. The van der Waals surface area contributed by atoms with E-state index in [9.17, 15) is 14.7 Å². The van der Waals surface area contributed by atoms with E-state index >= 15 is 0 Å². The van der Waals surface area contributed by atoms with Gasteiger partial charge in [0, 0.05) is 0 Å². The van der Waals surface area contributed by atoms with Crippen LogP contribution in [-0.2, 0) is 9.59 Å². The van der Waals surface area contributed by atoms with Crippen molar-refractivity contribution >= 4 is 23.6 Å². The number of thioether (sulfide) groups is 1. The van der Waals surface area contributed by atoms with Gasteiger partial charge in [-0.2, -0.15) is 11.8 Å². The van der Waals surface area contributed by atoms with Gasteiger partial charge in [0.15, 0.2) is 6.04 Å². The maximum absolute atomic E-state index is 11.9. The zero-order chi connectivity index (χ0) is 16.5. The largest absolute Gasteiger partial charge is 0.497 e. The van der Waals surface area contributed by atoms with Crippen molar-refractivity contribution in [1.82, 2.24) is 5.32 Å². The molecule has 1 unspecified atom stereocenters. The lowest BCUT2D eigenvalue weighted by atomic mass is 10.1. The molecule has 0 aliphatic rings. The van der Waals surface area contributed by atoms with Gasteiger partial charge in [-0.1, -0.05) is 26.0 Å². The van der Waals surface area contributed by atoms with Crippen LogP contribution in [0.1, 0.15) is 31.9 Å². The fourth-order valence-corrected chi connectivity index (χ4v) is 2.82. The molecule has 0 spiro atoms. The number of methoxy groups -OCH3 is 1. The summed E-state index contributed by atoms with van der Waals surface area (Å²) in [6.45, 7) is 4.26. The minimum atomic E-state index is -1.08. The normalized spacial score (nSPS) is 12.0. The van der Waals surface area contributed by atoms with E-state index in [1.165, 1.54) is 11.8 Å². The van der Waals surface area contributed by atoms with Gasteiger partial charge in [0.2, 0.25) is 5.91 Å². The maximum Gasteiger partial charge on any atom is 0.330 e. The molecule has 1 atom stereocenters. The van der Waals surface area contributed by atoms with Crippen LogP contribution in [0, 0.1) is 5.92 Å². The molecule has 122 valence electrons. The predicted octanol–water partition coefficient (Wildman–Crippen LogP) is 2.72. The second-order valence-corrected chi connectivity index (χ2v) is 6.45. The third kappa shape index (κ3) is 6.39. The first kappa shape index (κ1) is 18.4. The number of carbonyl (C=O) groups excluding carboxylic acids is 1. The van der Waals surface area contributed by atoms with Crippen LogP contribution in [0.25, 0.3) is 0 Å². The molecule has 5 nitrogen and oxygen atoms in total. The molecule has 0 saturated carbocycles. The Bertz CT molecular complexity index is 487. The average molecular weight is 325 g/mol. The standard InChI is InChI=1S/C16H23NO4S/c1-11(2)8-9-22-10-14(18)17-15(16(19)20)12-4-6-13(21-3)7-5-12/h4-7,11,15H,8-10H2,1-3H3,(H,17,18)(H,19,20). The highest BCUT2D eigenvalue weighted by atomic mass is 32.2. The van der Waals surface area contributed by atoms with Crippen molar-refractivity contribution < 1.29 is 19.4 Å². The third-order valence-corrected chi connectivity index (χ3v) is 4.06. The number of carboxylic acid groups (broad SMARTS) is 1. The Morgan fingerprint density at radius 2 is 1.91 bits per heavy atom. The van der Waals surface area contributed by atoms with E-state index in [1.807, 2.05) is 0 Å². The van der Waals surface area contributed by atoms with Crippen LogP contribution in [0.15, 0.2) is 24.3 Å². The Balaban J connectivity index is 2.56. The lowest BCUT2D eigenvalue weighted by molar-refractivity contribution is -0.141. The van der Waals surface area contributed by atoms with E-state index in [0.29, 0.717) is 17.2 Å². The van der Waals surface area contributed by atoms with Gasteiger partial charge in [0.1, 0.15) is 5.75 Å². The summed E-state index contributed by atoms with van der Waals surface area (Å²) < 4.78 is 5.04. The highest BCUT2D eigenvalue weighted by Crippen LogP contribution is 2.18. The SMILES string of the molecule is COc1ccc(C(NC(=O)CSCCC(C)C)C(=O)O)cc1. The van der Waals surface area contributed by atoms with Crippen molar-refractivity contribution in [1.29, 1.82) is 0 Å². The number of aliphatic carboxylic acids is 1. The van der Waals surface area contributed by atoms with Crippen LogP contribution in [-0.4, -0.2) is 35.6 Å².